The van der Waals surface area contributed by atoms with Gasteiger partial charge in [0.2, 0.25) is 5.91 Å². The second kappa shape index (κ2) is 8.31. The van der Waals surface area contributed by atoms with Crippen molar-refractivity contribution in [3.05, 3.63) is 45.1 Å². The Morgan fingerprint density at radius 3 is 2.69 bits per heavy atom. The lowest BCUT2D eigenvalue weighted by molar-refractivity contribution is -0.122. The van der Waals surface area contributed by atoms with Gasteiger partial charge < -0.3 is 11.1 Å². The molecule has 7 heteroatoms. The maximum Gasteiger partial charge on any atom is 0.328 e. The number of nitrogens with zero attached hydrogens (tertiary/aromatic N) is 1. The number of benzene rings is 1. The minimum Gasteiger partial charge on any atom is -0.352 e. The summed E-state index contributed by atoms with van der Waals surface area (Å²) in [7, 11) is 0. The van der Waals surface area contributed by atoms with E-state index in [2.05, 4.69) is 10.3 Å². The van der Waals surface area contributed by atoms with Crippen LogP contribution in [0.15, 0.2) is 33.9 Å². The molecular formula is C19H26N4O3. The Morgan fingerprint density at radius 1 is 1.23 bits per heavy atom. The lowest BCUT2D eigenvalue weighted by atomic mass is 9.84. The smallest absolute Gasteiger partial charge is 0.328 e. The second-order valence-corrected chi connectivity index (χ2v) is 6.99. The summed E-state index contributed by atoms with van der Waals surface area (Å²) in [4.78, 5) is 38.7. The van der Waals surface area contributed by atoms with Crippen LogP contribution in [0.3, 0.4) is 0 Å². The number of aromatic amines is 1. The van der Waals surface area contributed by atoms with Crippen molar-refractivity contribution in [3.8, 4) is 0 Å². The van der Waals surface area contributed by atoms with E-state index in [1.165, 1.54) is 23.8 Å². The highest BCUT2D eigenvalue weighted by atomic mass is 16.2. The number of carbonyl (C=O) groups is 1. The molecule has 140 valence electrons. The molecule has 1 aliphatic carbocycles. The fourth-order valence-corrected chi connectivity index (χ4v) is 3.86. The number of hydrogen-bond acceptors (Lipinski definition) is 4. The van der Waals surface area contributed by atoms with Crippen molar-refractivity contribution < 1.29 is 4.79 Å². The van der Waals surface area contributed by atoms with E-state index < -0.39 is 11.2 Å². The number of fused-ring (bicyclic) bond motifs is 1. The molecule has 4 N–H and O–H groups in total. The van der Waals surface area contributed by atoms with Gasteiger partial charge in [-0.15, -0.1) is 0 Å². The van der Waals surface area contributed by atoms with Crippen LogP contribution in [0.4, 0.5) is 0 Å². The van der Waals surface area contributed by atoms with Gasteiger partial charge in [-0.3, -0.25) is 19.1 Å². The highest BCUT2D eigenvalue weighted by molar-refractivity contribution is 5.79. The zero-order chi connectivity index (χ0) is 18.5. The number of H-pyrrole nitrogens is 1. The van der Waals surface area contributed by atoms with Crippen LogP contribution in [0, 0.1) is 5.92 Å². The molecule has 1 unspecified atom stereocenters. The van der Waals surface area contributed by atoms with Crippen molar-refractivity contribution in [1.29, 1.82) is 0 Å². The summed E-state index contributed by atoms with van der Waals surface area (Å²) in [5.41, 5.74) is 5.50. The van der Waals surface area contributed by atoms with E-state index in [1.54, 1.807) is 24.3 Å². The molecule has 3 rings (SSSR count). The molecule has 1 atom stereocenters. The van der Waals surface area contributed by atoms with Gasteiger partial charge in [-0.2, -0.15) is 0 Å². The molecule has 1 aromatic heterocycles. The largest absolute Gasteiger partial charge is 0.352 e. The number of rotatable bonds is 6. The molecule has 2 aromatic rings. The van der Waals surface area contributed by atoms with Gasteiger partial charge in [-0.05, 0) is 30.9 Å². The molecule has 7 nitrogen and oxygen atoms in total. The average Bonchev–Trinajstić information content (AvgIpc) is 2.66. The predicted molar refractivity (Wildman–Crippen MR) is 101 cm³/mol. The van der Waals surface area contributed by atoms with Gasteiger partial charge in [-0.1, -0.05) is 31.4 Å². The van der Waals surface area contributed by atoms with Crippen LogP contribution < -0.4 is 22.3 Å². The monoisotopic (exact) mass is 358 g/mol. The number of carbonyl (C=O) groups excluding carboxylic acids is 1. The lowest BCUT2D eigenvalue weighted by Crippen LogP contribution is -2.46. The van der Waals surface area contributed by atoms with E-state index in [0.717, 1.165) is 12.8 Å². The first kappa shape index (κ1) is 18.4. The van der Waals surface area contributed by atoms with Crippen LogP contribution in [0.25, 0.3) is 10.9 Å². The molecule has 0 spiro atoms. The molecule has 0 radical (unpaired) electrons. The Balaban J connectivity index is 1.69. The Labute approximate surface area is 151 Å². The Kier molecular flexibility index (Phi) is 5.88. The summed E-state index contributed by atoms with van der Waals surface area (Å²) < 4.78 is 1.44. The van der Waals surface area contributed by atoms with E-state index in [9.17, 15) is 14.4 Å². The molecular weight excluding hydrogens is 332 g/mol. The standard InChI is InChI=1S/C19H26N4O3/c20-12-15(13-6-2-1-3-7-13)21-17(24)10-11-23-16-9-5-4-8-14(16)18(25)22-19(23)26/h4-5,8-9,13,15H,1-3,6-7,10-12,20H2,(H,21,24)(H,22,25,26). The van der Waals surface area contributed by atoms with Crippen LogP contribution in [0.5, 0.6) is 0 Å². The van der Waals surface area contributed by atoms with Crippen molar-refractivity contribution in [2.75, 3.05) is 6.54 Å². The molecule has 1 saturated carbocycles. The van der Waals surface area contributed by atoms with Crippen molar-refractivity contribution in [1.82, 2.24) is 14.9 Å². The third-order valence-electron chi connectivity index (χ3n) is 5.29. The molecule has 1 fully saturated rings. The van der Waals surface area contributed by atoms with Gasteiger partial charge in [0.1, 0.15) is 0 Å². The first-order valence-corrected chi connectivity index (χ1v) is 9.31. The van der Waals surface area contributed by atoms with Crippen LogP contribution in [0.1, 0.15) is 38.5 Å². The van der Waals surface area contributed by atoms with Gasteiger partial charge in [0.05, 0.1) is 10.9 Å². The average molecular weight is 358 g/mol. The van der Waals surface area contributed by atoms with E-state index in [0.29, 0.717) is 23.4 Å². The second-order valence-electron chi connectivity index (χ2n) is 6.99. The first-order valence-electron chi connectivity index (χ1n) is 9.31. The van der Waals surface area contributed by atoms with E-state index in [1.807, 2.05) is 0 Å². The first-order chi connectivity index (χ1) is 12.6. The summed E-state index contributed by atoms with van der Waals surface area (Å²) in [6, 6.07) is 6.89. The fourth-order valence-electron chi connectivity index (χ4n) is 3.86. The Morgan fingerprint density at radius 2 is 1.96 bits per heavy atom. The summed E-state index contributed by atoms with van der Waals surface area (Å²) >= 11 is 0. The molecule has 0 aliphatic heterocycles. The summed E-state index contributed by atoms with van der Waals surface area (Å²) in [5, 5.41) is 3.47. The predicted octanol–water partition coefficient (Wildman–Crippen LogP) is 1.10. The summed E-state index contributed by atoms with van der Waals surface area (Å²) in [5.74, 6) is 0.322. The van der Waals surface area contributed by atoms with Crippen molar-refractivity contribution in [2.45, 2.75) is 51.1 Å². The Hall–Kier alpha value is -2.41. The van der Waals surface area contributed by atoms with Gasteiger partial charge >= 0.3 is 5.69 Å². The highest BCUT2D eigenvalue weighted by Gasteiger charge is 2.23. The number of nitrogens with one attached hydrogen (secondary N) is 2. The van der Waals surface area contributed by atoms with Crippen LogP contribution >= 0.6 is 0 Å². The topological polar surface area (TPSA) is 110 Å². The molecule has 0 saturated heterocycles. The SMILES string of the molecule is NCC(NC(=O)CCn1c(=O)[nH]c(=O)c2ccccc21)C1CCCCC1. The van der Waals surface area contributed by atoms with Crippen LogP contribution in [-0.2, 0) is 11.3 Å². The lowest BCUT2D eigenvalue weighted by Gasteiger charge is -2.30. The zero-order valence-corrected chi connectivity index (χ0v) is 14.9. The van der Waals surface area contributed by atoms with Crippen LogP contribution in [0.2, 0.25) is 0 Å². The number of nitrogens with two attached hydrogens (primary N) is 1. The van der Waals surface area contributed by atoms with E-state index in [4.69, 9.17) is 5.73 Å². The third kappa shape index (κ3) is 4.04. The fraction of sp³-hybridized carbons (Fsp3) is 0.526. The number of hydrogen-bond donors (Lipinski definition) is 3. The van der Waals surface area contributed by atoms with Crippen LogP contribution in [-0.4, -0.2) is 28.0 Å². The normalized spacial score (nSPS) is 16.5. The van der Waals surface area contributed by atoms with Gasteiger partial charge in [0.15, 0.2) is 0 Å². The zero-order valence-electron chi connectivity index (χ0n) is 14.9. The molecule has 0 bridgehead atoms. The molecule has 26 heavy (non-hydrogen) atoms. The van der Waals surface area contributed by atoms with Crippen molar-refractivity contribution in [2.24, 2.45) is 11.7 Å². The number of amides is 1. The number of aryl methyl sites for hydroxylation is 1. The van der Waals surface area contributed by atoms with Crippen molar-refractivity contribution >= 4 is 16.8 Å². The quantitative estimate of drug-likeness (QED) is 0.718. The molecule has 1 aromatic carbocycles. The minimum atomic E-state index is -0.496. The van der Waals surface area contributed by atoms with Crippen molar-refractivity contribution in [3.63, 3.8) is 0 Å². The molecule has 1 amide bonds. The highest BCUT2D eigenvalue weighted by Crippen LogP contribution is 2.26. The maximum atomic E-state index is 12.4. The van der Waals surface area contributed by atoms with Gasteiger partial charge in [0, 0.05) is 25.6 Å². The van der Waals surface area contributed by atoms with E-state index >= 15 is 0 Å². The third-order valence-corrected chi connectivity index (χ3v) is 5.29. The van der Waals surface area contributed by atoms with Gasteiger partial charge in [-0.25, -0.2) is 4.79 Å². The Bertz CT molecular complexity index is 880. The van der Waals surface area contributed by atoms with E-state index in [-0.39, 0.29) is 24.9 Å². The number of aromatic nitrogens is 2. The maximum absolute atomic E-state index is 12.4. The molecule has 1 heterocycles. The number of para-hydroxylation sites is 1. The van der Waals surface area contributed by atoms with Gasteiger partial charge in [0.25, 0.3) is 5.56 Å². The summed E-state index contributed by atoms with van der Waals surface area (Å²) in [6.45, 7) is 0.641. The summed E-state index contributed by atoms with van der Waals surface area (Å²) in [6.07, 6.45) is 6.01. The molecule has 1 aliphatic rings. The minimum absolute atomic E-state index is 0.00755.